The fraction of sp³-hybridized carbons (Fsp3) is 0.481. The van der Waals surface area contributed by atoms with Crippen molar-refractivity contribution in [3.63, 3.8) is 0 Å². The molecule has 2 fully saturated rings. The van der Waals surface area contributed by atoms with Crippen LogP contribution in [-0.4, -0.2) is 67.1 Å². The lowest BCUT2D eigenvalue weighted by Gasteiger charge is -2.30. The summed E-state index contributed by atoms with van der Waals surface area (Å²) in [4.78, 5) is 23.0. The van der Waals surface area contributed by atoms with E-state index in [4.69, 9.17) is 14.7 Å². The molecule has 0 spiro atoms. The monoisotopic (exact) mass is 503 g/mol. The summed E-state index contributed by atoms with van der Waals surface area (Å²) in [5.41, 5.74) is 2.49. The number of carbonyl (C=O) groups excluding carboxylic acids is 1. The van der Waals surface area contributed by atoms with E-state index in [2.05, 4.69) is 32.6 Å². The number of ether oxygens (including phenoxy) is 1. The third kappa shape index (κ3) is 3.95. The molecule has 1 saturated heterocycles. The highest BCUT2D eigenvalue weighted by Gasteiger charge is 2.43. The van der Waals surface area contributed by atoms with Crippen LogP contribution in [0.15, 0.2) is 36.8 Å². The predicted molar refractivity (Wildman–Crippen MR) is 141 cm³/mol. The van der Waals surface area contributed by atoms with Crippen LogP contribution in [0.25, 0.3) is 27.9 Å². The Labute approximate surface area is 215 Å². The first-order valence-corrected chi connectivity index (χ1v) is 13.0. The summed E-state index contributed by atoms with van der Waals surface area (Å²) in [5.74, 6) is 0.549. The van der Waals surface area contributed by atoms with Gasteiger partial charge in [0.25, 0.3) is 5.91 Å². The van der Waals surface area contributed by atoms with Gasteiger partial charge in [0.2, 0.25) is 0 Å². The molecule has 1 saturated carbocycles. The first-order valence-electron chi connectivity index (χ1n) is 13.0. The molecule has 1 unspecified atom stereocenters. The van der Waals surface area contributed by atoms with Crippen LogP contribution in [0.2, 0.25) is 0 Å². The Kier molecular flexibility index (Phi) is 5.88. The van der Waals surface area contributed by atoms with E-state index < -0.39 is 5.60 Å². The second kappa shape index (κ2) is 9.11. The summed E-state index contributed by atoms with van der Waals surface area (Å²) in [6, 6.07) is 5.93. The number of anilines is 1. The minimum absolute atomic E-state index is 0.115. The third-order valence-corrected chi connectivity index (χ3v) is 8.32. The highest BCUT2D eigenvalue weighted by atomic mass is 16.5. The number of aliphatic hydroxyl groups is 1. The molecule has 10 heteroatoms. The number of fused-ring (bicyclic) bond motifs is 2. The first kappa shape index (κ1) is 23.9. The number of nitrogens with zero attached hydrogens (tertiary/aromatic N) is 5. The Morgan fingerprint density at radius 3 is 2.76 bits per heavy atom. The van der Waals surface area contributed by atoms with Crippen LogP contribution < -0.4 is 10.6 Å². The predicted octanol–water partition coefficient (Wildman–Crippen LogP) is 3.42. The molecule has 1 aliphatic heterocycles. The number of amides is 1. The third-order valence-electron chi connectivity index (χ3n) is 8.32. The highest BCUT2D eigenvalue weighted by molar-refractivity contribution is 6.01. The van der Waals surface area contributed by atoms with Gasteiger partial charge in [-0.15, -0.1) is 0 Å². The maximum Gasteiger partial charge on any atom is 0.257 e. The minimum Gasteiger partial charge on any atom is -0.388 e. The second-order valence-corrected chi connectivity index (χ2v) is 10.5. The number of aromatic nitrogens is 5. The summed E-state index contributed by atoms with van der Waals surface area (Å²) < 4.78 is 9.46. The van der Waals surface area contributed by atoms with Crippen molar-refractivity contribution in [2.75, 3.05) is 25.6 Å². The Balaban J connectivity index is 1.43. The number of hydrogen-bond donors (Lipinski definition) is 3. The quantitative estimate of drug-likeness (QED) is 0.382. The summed E-state index contributed by atoms with van der Waals surface area (Å²) in [7, 11) is 1.82. The van der Waals surface area contributed by atoms with E-state index in [9.17, 15) is 9.90 Å². The Morgan fingerprint density at radius 1 is 1.22 bits per heavy atom. The van der Waals surface area contributed by atoms with Gasteiger partial charge >= 0.3 is 0 Å². The van der Waals surface area contributed by atoms with E-state index in [1.54, 1.807) is 17.6 Å². The molecular weight excluding hydrogens is 470 g/mol. The summed E-state index contributed by atoms with van der Waals surface area (Å²) in [5, 5.41) is 22.6. The van der Waals surface area contributed by atoms with E-state index in [0.29, 0.717) is 17.3 Å². The average Bonchev–Trinajstić information content (AvgIpc) is 3.59. The van der Waals surface area contributed by atoms with Crippen LogP contribution in [0.1, 0.15) is 55.9 Å². The normalized spacial score (nSPS) is 24.6. The van der Waals surface area contributed by atoms with Gasteiger partial charge in [-0.2, -0.15) is 9.61 Å². The molecule has 37 heavy (non-hydrogen) atoms. The molecule has 5 heterocycles. The largest absolute Gasteiger partial charge is 0.388 e. The molecule has 4 aromatic rings. The second-order valence-electron chi connectivity index (χ2n) is 10.5. The molecule has 1 aliphatic carbocycles. The van der Waals surface area contributed by atoms with Crippen LogP contribution in [-0.2, 0) is 4.74 Å². The molecule has 194 valence electrons. The van der Waals surface area contributed by atoms with Gasteiger partial charge < -0.3 is 25.0 Å². The van der Waals surface area contributed by atoms with Crippen molar-refractivity contribution in [2.45, 2.75) is 57.2 Å². The van der Waals surface area contributed by atoms with Crippen molar-refractivity contribution in [3.05, 3.63) is 42.4 Å². The molecular formula is C27H33N7O3. The van der Waals surface area contributed by atoms with Crippen LogP contribution in [0.4, 0.5) is 5.82 Å². The van der Waals surface area contributed by atoms with Gasteiger partial charge in [-0.3, -0.25) is 4.79 Å². The van der Waals surface area contributed by atoms with Gasteiger partial charge in [0.1, 0.15) is 17.0 Å². The van der Waals surface area contributed by atoms with Crippen LogP contribution in [0.5, 0.6) is 0 Å². The zero-order valence-corrected chi connectivity index (χ0v) is 21.4. The topological polar surface area (TPSA) is 119 Å². The van der Waals surface area contributed by atoms with Crippen molar-refractivity contribution in [3.8, 4) is 11.3 Å². The fourth-order valence-corrected chi connectivity index (χ4v) is 5.77. The summed E-state index contributed by atoms with van der Waals surface area (Å²) in [6.45, 7) is 5.28. The molecule has 6 rings (SSSR count). The van der Waals surface area contributed by atoms with Crippen molar-refractivity contribution >= 4 is 28.4 Å². The van der Waals surface area contributed by atoms with Gasteiger partial charge in [0.15, 0.2) is 5.65 Å². The van der Waals surface area contributed by atoms with E-state index >= 15 is 0 Å². The van der Waals surface area contributed by atoms with E-state index in [0.717, 1.165) is 67.0 Å². The van der Waals surface area contributed by atoms with E-state index in [1.165, 1.54) is 0 Å². The summed E-state index contributed by atoms with van der Waals surface area (Å²) in [6.07, 6.45) is 8.95. The van der Waals surface area contributed by atoms with Gasteiger partial charge in [-0.1, -0.05) is 6.92 Å². The number of pyridine rings is 1. The maximum atomic E-state index is 13.4. The Bertz CT molecular complexity index is 1470. The molecule has 4 aromatic heterocycles. The zero-order valence-electron chi connectivity index (χ0n) is 21.4. The molecule has 2 aliphatic rings. The van der Waals surface area contributed by atoms with Crippen LogP contribution in [0, 0.1) is 5.92 Å². The van der Waals surface area contributed by atoms with Gasteiger partial charge in [-0.25, -0.2) is 9.97 Å². The molecule has 0 bridgehead atoms. The summed E-state index contributed by atoms with van der Waals surface area (Å²) >= 11 is 0. The maximum absolute atomic E-state index is 13.4. The SMILES string of the molecule is CNc1cc(-c2cn(C3CCOCC3)c3ncccc23)nc2c(C(=O)N[C@H]3CCC(C)[C@]3(C)O)cnn12. The lowest BCUT2D eigenvalue weighted by molar-refractivity contribution is 0.00435. The molecule has 3 N–H and O–H groups in total. The van der Waals surface area contributed by atoms with Crippen molar-refractivity contribution in [1.29, 1.82) is 0 Å². The lowest BCUT2D eigenvalue weighted by Crippen LogP contribution is -2.49. The first-order chi connectivity index (χ1) is 17.9. The Hall–Kier alpha value is -3.50. The van der Waals surface area contributed by atoms with Gasteiger partial charge in [-0.05, 0) is 50.7 Å². The van der Waals surface area contributed by atoms with E-state index in [1.807, 2.05) is 32.3 Å². The fourth-order valence-electron chi connectivity index (χ4n) is 5.77. The number of rotatable bonds is 5. The number of carbonyl (C=O) groups is 1. The smallest absolute Gasteiger partial charge is 0.257 e. The molecule has 3 atom stereocenters. The Morgan fingerprint density at radius 2 is 2.03 bits per heavy atom. The van der Waals surface area contributed by atoms with Crippen molar-refractivity contribution < 1.29 is 14.6 Å². The van der Waals surface area contributed by atoms with Gasteiger partial charge in [0.05, 0.1) is 23.5 Å². The molecule has 0 radical (unpaired) electrons. The van der Waals surface area contributed by atoms with Crippen LogP contribution >= 0.6 is 0 Å². The minimum atomic E-state index is -0.952. The average molecular weight is 504 g/mol. The van der Waals surface area contributed by atoms with Gasteiger partial charge in [0, 0.05) is 55.7 Å². The van der Waals surface area contributed by atoms with Crippen LogP contribution in [0.3, 0.4) is 0 Å². The van der Waals surface area contributed by atoms with Crippen molar-refractivity contribution in [2.24, 2.45) is 5.92 Å². The van der Waals surface area contributed by atoms with E-state index in [-0.39, 0.29) is 17.9 Å². The highest BCUT2D eigenvalue weighted by Crippen LogP contribution is 2.36. The molecule has 1 amide bonds. The lowest BCUT2D eigenvalue weighted by atomic mass is 9.92. The number of nitrogens with one attached hydrogen (secondary N) is 2. The number of hydrogen-bond acceptors (Lipinski definition) is 7. The standard InChI is InChI=1S/C27H33N7O3/c1-16-6-7-22(27(16,2)36)32-26(35)19-14-30-34-23(28-3)13-21(31-25(19)34)20-15-33(17-8-11-37-12-9-17)24-18(20)5-4-10-29-24/h4-5,10,13-17,22,28,36H,6-9,11-12H2,1-3H3,(H,32,35)/t16?,22-,27-/m0/s1. The zero-order chi connectivity index (χ0) is 25.7. The molecule has 0 aromatic carbocycles. The van der Waals surface area contributed by atoms with Crippen molar-refractivity contribution in [1.82, 2.24) is 29.5 Å². The molecule has 10 nitrogen and oxygen atoms in total.